The average molecular weight is 456 g/mol. The zero-order valence-corrected chi connectivity index (χ0v) is 19.0. The second-order valence-electron chi connectivity index (χ2n) is 7.30. The molecule has 0 saturated carbocycles. The highest BCUT2D eigenvalue weighted by Gasteiger charge is 2.18. The van der Waals surface area contributed by atoms with Gasteiger partial charge in [0.25, 0.3) is 5.56 Å². The van der Waals surface area contributed by atoms with E-state index >= 15 is 0 Å². The molecule has 2 N–H and O–H groups in total. The molecule has 8 nitrogen and oxygen atoms in total. The third kappa shape index (κ3) is 4.43. The molecule has 0 spiro atoms. The van der Waals surface area contributed by atoms with Crippen LogP contribution in [0.4, 0.5) is 0 Å². The molecule has 1 aromatic heterocycles. The van der Waals surface area contributed by atoms with Gasteiger partial charge in [-0.05, 0) is 49.0 Å². The maximum atomic E-state index is 12.9. The monoisotopic (exact) mass is 455 g/mol. The van der Waals surface area contributed by atoms with Gasteiger partial charge in [-0.1, -0.05) is 6.07 Å². The molecule has 0 radical (unpaired) electrons. The molecule has 3 aromatic rings. The minimum absolute atomic E-state index is 0.181. The van der Waals surface area contributed by atoms with Crippen molar-refractivity contribution in [1.29, 1.82) is 0 Å². The van der Waals surface area contributed by atoms with Crippen molar-refractivity contribution >= 4 is 28.2 Å². The van der Waals surface area contributed by atoms with E-state index in [9.17, 15) is 4.79 Å². The van der Waals surface area contributed by atoms with Crippen LogP contribution in [0.25, 0.3) is 10.9 Å². The number of rotatable bonds is 7. The summed E-state index contributed by atoms with van der Waals surface area (Å²) < 4.78 is 21.6. The van der Waals surface area contributed by atoms with Crippen molar-refractivity contribution in [3.05, 3.63) is 57.9 Å². The van der Waals surface area contributed by atoms with Crippen LogP contribution in [0.3, 0.4) is 0 Å². The van der Waals surface area contributed by atoms with E-state index in [-0.39, 0.29) is 12.4 Å². The fraction of sp³-hybridized carbons (Fsp3) is 0.304. The molecule has 9 heteroatoms. The van der Waals surface area contributed by atoms with Crippen molar-refractivity contribution in [2.45, 2.75) is 20.0 Å². The van der Waals surface area contributed by atoms with Crippen LogP contribution in [0, 0.1) is 0 Å². The number of benzene rings is 2. The lowest BCUT2D eigenvalue weighted by Gasteiger charge is -2.26. The Hall–Kier alpha value is -3.46. The quantitative estimate of drug-likeness (QED) is 0.526. The number of nitrogens with zero attached hydrogens (tertiary/aromatic N) is 1. The first-order valence-corrected chi connectivity index (χ1v) is 10.6. The molecular weight excluding hydrogens is 430 g/mol. The van der Waals surface area contributed by atoms with Crippen LogP contribution in [-0.4, -0.2) is 42.6 Å². The molecule has 168 valence electrons. The van der Waals surface area contributed by atoms with E-state index in [1.54, 1.807) is 20.3 Å². The number of H-pyrrole nitrogens is 1. The minimum Gasteiger partial charge on any atom is -0.493 e. The summed E-state index contributed by atoms with van der Waals surface area (Å²) in [5, 5.41) is 4.59. The molecule has 0 amide bonds. The highest BCUT2D eigenvalue weighted by Crippen LogP contribution is 2.33. The molecule has 2 heterocycles. The van der Waals surface area contributed by atoms with Gasteiger partial charge in [-0.15, -0.1) is 0 Å². The lowest BCUT2D eigenvalue weighted by Crippen LogP contribution is -2.39. The smallest absolute Gasteiger partial charge is 0.253 e. The molecule has 0 fully saturated rings. The summed E-state index contributed by atoms with van der Waals surface area (Å²) >= 11 is 5.59. The Morgan fingerprint density at radius 1 is 1.09 bits per heavy atom. The number of aromatic amines is 1. The minimum atomic E-state index is -0.181. The van der Waals surface area contributed by atoms with E-state index in [2.05, 4.69) is 10.3 Å². The van der Waals surface area contributed by atoms with Gasteiger partial charge in [0.05, 0.1) is 26.3 Å². The van der Waals surface area contributed by atoms with Crippen LogP contribution in [0.2, 0.25) is 0 Å². The largest absolute Gasteiger partial charge is 0.493 e. The SMILES string of the molecule is CCNC(=S)N(Cc1ccc2c(c1)OCO2)Cc1cc2cc(OC)c(OC)cc2[nH]c1=O. The molecule has 0 unspecified atom stereocenters. The molecule has 2 aromatic carbocycles. The van der Waals surface area contributed by atoms with Crippen molar-refractivity contribution in [3.8, 4) is 23.0 Å². The van der Waals surface area contributed by atoms with Crippen LogP contribution in [0.15, 0.2) is 41.2 Å². The molecule has 0 bridgehead atoms. The molecule has 0 saturated heterocycles. The Morgan fingerprint density at radius 2 is 1.84 bits per heavy atom. The molecular formula is C23H25N3O5S. The van der Waals surface area contributed by atoms with Crippen molar-refractivity contribution in [2.75, 3.05) is 27.6 Å². The van der Waals surface area contributed by atoms with Gasteiger partial charge in [0, 0.05) is 30.1 Å². The second-order valence-corrected chi connectivity index (χ2v) is 7.68. The number of hydrogen-bond donors (Lipinski definition) is 2. The third-order valence-electron chi connectivity index (χ3n) is 5.21. The van der Waals surface area contributed by atoms with Gasteiger partial charge in [-0.3, -0.25) is 4.79 Å². The van der Waals surface area contributed by atoms with E-state index < -0.39 is 0 Å². The Kier molecular flexibility index (Phi) is 6.36. The molecule has 32 heavy (non-hydrogen) atoms. The average Bonchev–Trinajstić information content (AvgIpc) is 3.26. The fourth-order valence-corrected chi connectivity index (χ4v) is 3.90. The van der Waals surface area contributed by atoms with E-state index in [1.165, 1.54) is 0 Å². The summed E-state index contributed by atoms with van der Waals surface area (Å²) in [5.74, 6) is 2.59. The summed E-state index contributed by atoms with van der Waals surface area (Å²) in [4.78, 5) is 17.7. The molecule has 0 aliphatic carbocycles. The molecule has 4 rings (SSSR count). The Morgan fingerprint density at radius 3 is 2.59 bits per heavy atom. The molecule has 1 aliphatic rings. The number of ether oxygens (including phenoxy) is 4. The maximum absolute atomic E-state index is 12.9. The second kappa shape index (κ2) is 9.35. The van der Waals surface area contributed by atoms with Crippen molar-refractivity contribution < 1.29 is 18.9 Å². The number of methoxy groups -OCH3 is 2. The predicted octanol–water partition coefficient (Wildman–Crippen LogP) is 3.17. The number of nitrogens with one attached hydrogen (secondary N) is 2. The van der Waals surface area contributed by atoms with Crippen molar-refractivity contribution in [1.82, 2.24) is 15.2 Å². The van der Waals surface area contributed by atoms with Gasteiger partial charge in [-0.2, -0.15) is 0 Å². The van der Waals surface area contributed by atoms with Crippen LogP contribution in [0.5, 0.6) is 23.0 Å². The van der Waals surface area contributed by atoms with Gasteiger partial charge in [0.1, 0.15) is 0 Å². The highest BCUT2D eigenvalue weighted by atomic mass is 32.1. The maximum Gasteiger partial charge on any atom is 0.253 e. The Labute approximate surface area is 191 Å². The fourth-order valence-electron chi connectivity index (χ4n) is 3.62. The van der Waals surface area contributed by atoms with Crippen LogP contribution >= 0.6 is 12.2 Å². The number of hydrogen-bond acceptors (Lipinski definition) is 6. The first kappa shape index (κ1) is 21.8. The number of fused-ring (bicyclic) bond motifs is 2. The lowest BCUT2D eigenvalue weighted by molar-refractivity contribution is 0.174. The van der Waals surface area contributed by atoms with Gasteiger partial charge in [-0.25, -0.2) is 0 Å². The Bertz CT molecular complexity index is 1210. The van der Waals surface area contributed by atoms with Gasteiger partial charge >= 0.3 is 0 Å². The van der Waals surface area contributed by atoms with Gasteiger partial charge < -0.3 is 34.1 Å². The van der Waals surface area contributed by atoms with Crippen molar-refractivity contribution in [2.24, 2.45) is 0 Å². The van der Waals surface area contributed by atoms with Crippen LogP contribution < -0.4 is 29.8 Å². The van der Waals surface area contributed by atoms with Gasteiger partial charge in [0.15, 0.2) is 28.1 Å². The summed E-state index contributed by atoms with van der Waals surface area (Å²) in [6.45, 7) is 3.72. The summed E-state index contributed by atoms with van der Waals surface area (Å²) in [6, 6.07) is 11.2. The normalized spacial score (nSPS) is 12.0. The zero-order chi connectivity index (χ0) is 22.7. The summed E-state index contributed by atoms with van der Waals surface area (Å²) in [7, 11) is 3.14. The van der Waals surface area contributed by atoms with Crippen molar-refractivity contribution in [3.63, 3.8) is 0 Å². The highest BCUT2D eigenvalue weighted by molar-refractivity contribution is 7.80. The topological polar surface area (TPSA) is 85.1 Å². The zero-order valence-electron chi connectivity index (χ0n) is 18.2. The first-order chi connectivity index (χ1) is 15.5. The number of thiocarbonyl (C=S) groups is 1. The Balaban J connectivity index is 1.65. The summed E-state index contributed by atoms with van der Waals surface area (Å²) in [6.07, 6.45) is 0. The van der Waals surface area contributed by atoms with E-state index in [1.807, 2.05) is 42.2 Å². The predicted molar refractivity (Wildman–Crippen MR) is 126 cm³/mol. The van der Waals surface area contributed by atoms with E-state index in [0.717, 1.165) is 16.7 Å². The van der Waals surface area contributed by atoms with Crippen LogP contribution in [0.1, 0.15) is 18.1 Å². The third-order valence-corrected chi connectivity index (χ3v) is 5.61. The standard InChI is InChI=1S/C23H25N3O5S/c1-4-24-23(32)26(11-14-5-6-18-21(7-14)31-13-30-18)12-16-8-15-9-19(28-2)20(29-3)10-17(15)25-22(16)27/h5-10H,4,11-13H2,1-3H3,(H,24,32)(H,25,27). The van der Waals surface area contributed by atoms with Gasteiger partial charge in [0.2, 0.25) is 6.79 Å². The number of pyridine rings is 1. The first-order valence-electron chi connectivity index (χ1n) is 10.2. The number of aromatic nitrogens is 1. The summed E-state index contributed by atoms with van der Waals surface area (Å²) in [5.41, 5.74) is 2.08. The van der Waals surface area contributed by atoms with E-state index in [4.69, 9.17) is 31.2 Å². The molecule has 0 atom stereocenters. The lowest BCUT2D eigenvalue weighted by atomic mass is 10.1. The van der Waals surface area contributed by atoms with E-state index in [0.29, 0.717) is 53.1 Å². The van der Waals surface area contributed by atoms with Crippen LogP contribution in [-0.2, 0) is 13.1 Å². The molecule has 1 aliphatic heterocycles.